The second kappa shape index (κ2) is 5.49. The quantitative estimate of drug-likeness (QED) is 0.901. The van der Waals surface area contributed by atoms with E-state index in [2.05, 4.69) is 9.97 Å². The first-order chi connectivity index (χ1) is 9.82. The van der Waals surface area contributed by atoms with Gasteiger partial charge in [0.2, 0.25) is 11.7 Å². The van der Waals surface area contributed by atoms with Crippen LogP contribution in [-0.2, 0) is 12.7 Å². The van der Waals surface area contributed by atoms with E-state index in [9.17, 15) is 18.0 Å². The van der Waals surface area contributed by atoms with Crippen LogP contribution in [0.1, 0.15) is 21.7 Å². The van der Waals surface area contributed by atoms with Gasteiger partial charge in [-0.15, -0.1) is 0 Å². The molecule has 0 spiro atoms. The van der Waals surface area contributed by atoms with Gasteiger partial charge in [0.25, 0.3) is 0 Å². The topological polar surface area (TPSA) is 94.9 Å². The van der Waals surface area contributed by atoms with Crippen molar-refractivity contribution in [1.29, 1.82) is 0 Å². The van der Waals surface area contributed by atoms with Gasteiger partial charge in [0.15, 0.2) is 0 Å². The largest absolute Gasteiger partial charge is 0.451 e. The minimum Gasteiger partial charge on any atom is -0.366 e. The van der Waals surface area contributed by atoms with Gasteiger partial charge in [-0.05, 0) is 23.3 Å². The van der Waals surface area contributed by atoms with Crippen molar-refractivity contribution in [3.05, 3.63) is 47.5 Å². The molecule has 0 saturated carbocycles. The highest BCUT2D eigenvalue weighted by atomic mass is 19.4. The number of amides is 1. The van der Waals surface area contributed by atoms with Crippen LogP contribution in [0.3, 0.4) is 0 Å². The van der Waals surface area contributed by atoms with Crippen molar-refractivity contribution in [2.45, 2.75) is 12.7 Å². The molecule has 0 saturated heterocycles. The molecule has 0 aliphatic heterocycles. The van der Waals surface area contributed by atoms with E-state index < -0.39 is 17.9 Å². The average molecular weight is 296 g/mol. The van der Waals surface area contributed by atoms with Crippen LogP contribution >= 0.6 is 0 Å². The van der Waals surface area contributed by atoms with Crippen molar-refractivity contribution in [3.63, 3.8) is 0 Å². The predicted octanol–water partition coefficient (Wildman–Crippen LogP) is 1.72. The number of hydrogen-bond acceptors (Lipinski definition) is 4. The second-order valence-corrected chi connectivity index (χ2v) is 4.23. The molecule has 0 fully saturated rings. The summed E-state index contributed by atoms with van der Waals surface area (Å²) < 4.78 is 37.2. The zero-order valence-electron chi connectivity index (χ0n) is 10.7. The van der Waals surface area contributed by atoms with Crippen LogP contribution in [0.2, 0.25) is 0 Å². The number of carbonyl (C=O) groups is 1. The minimum atomic E-state index is -4.59. The van der Waals surface area contributed by atoms with Crippen LogP contribution in [0.4, 0.5) is 13.2 Å². The Morgan fingerprint density at radius 3 is 2.24 bits per heavy atom. The lowest BCUT2D eigenvalue weighted by Crippen LogP contribution is -2.15. The van der Waals surface area contributed by atoms with Crippen molar-refractivity contribution < 1.29 is 18.0 Å². The minimum absolute atomic E-state index is 0.0770. The van der Waals surface area contributed by atoms with Crippen molar-refractivity contribution in [2.75, 3.05) is 0 Å². The fraction of sp³-hybridized carbons (Fsp3) is 0.154. The van der Waals surface area contributed by atoms with E-state index in [-0.39, 0.29) is 12.1 Å². The van der Waals surface area contributed by atoms with Crippen molar-refractivity contribution >= 4 is 5.91 Å². The van der Waals surface area contributed by atoms with Gasteiger partial charge in [0.1, 0.15) is 0 Å². The summed E-state index contributed by atoms with van der Waals surface area (Å²) in [5, 5.41) is 0. The van der Waals surface area contributed by atoms with Crippen molar-refractivity contribution in [3.8, 4) is 11.1 Å². The lowest BCUT2D eigenvalue weighted by atomic mass is 10.0. The van der Waals surface area contributed by atoms with Gasteiger partial charge in [0, 0.05) is 30.1 Å². The predicted molar refractivity (Wildman–Crippen MR) is 68.9 cm³/mol. The van der Waals surface area contributed by atoms with E-state index in [1.165, 1.54) is 6.07 Å². The maximum Gasteiger partial charge on any atom is 0.451 e. The smallest absolute Gasteiger partial charge is 0.366 e. The van der Waals surface area contributed by atoms with E-state index in [1.54, 1.807) is 12.1 Å². The number of alkyl halides is 3. The Hall–Kier alpha value is -2.48. The molecule has 0 aliphatic carbocycles. The van der Waals surface area contributed by atoms with Gasteiger partial charge in [-0.1, -0.05) is 6.07 Å². The molecule has 21 heavy (non-hydrogen) atoms. The van der Waals surface area contributed by atoms with E-state index in [0.29, 0.717) is 16.7 Å². The van der Waals surface area contributed by atoms with Gasteiger partial charge in [-0.2, -0.15) is 13.2 Å². The Bertz CT molecular complexity index is 668. The summed E-state index contributed by atoms with van der Waals surface area (Å²) >= 11 is 0. The van der Waals surface area contributed by atoms with Gasteiger partial charge in [-0.3, -0.25) is 4.79 Å². The molecular formula is C13H11F3N4O. The van der Waals surface area contributed by atoms with Gasteiger partial charge < -0.3 is 11.5 Å². The first-order valence-electron chi connectivity index (χ1n) is 5.85. The summed E-state index contributed by atoms with van der Waals surface area (Å²) in [6, 6.07) is 4.59. The number of nitrogens with two attached hydrogens (primary N) is 2. The molecule has 2 aromatic rings. The molecule has 0 bridgehead atoms. The molecule has 0 radical (unpaired) electrons. The van der Waals surface area contributed by atoms with Gasteiger partial charge in [-0.25, -0.2) is 9.97 Å². The number of benzene rings is 1. The summed E-state index contributed by atoms with van der Waals surface area (Å²) in [6.07, 6.45) is -2.46. The summed E-state index contributed by atoms with van der Waals surface area (Å²) in [7, 11) is 0. The molecule has 110 valence electrons. The SMILES string of the molecule is NCc1cc(-c2cnc(C(F)(F)F)nc2)ccc1C(N)=O. The summed E-state index contributed by atoms with van der Waals surface area (Å²) in [4.78, 5) is 17.8. The third-order valence-electron chi connectivity index (χ3n) is 2.83. The highest BCUT2D eigenvalue weighted by Crippen LogP contribution is 2.27. The van der Waals surface area contributed by atoms with E-state index in [4.69, 9.17) is 11.5 Å². The van der Waals surface area contributed by atoms with Crippen molar-refractivity contribution in [1.82, 2.24) is 9.97 Å². The number of rotatable bonds is 3. The maximum absolute atomic E-state index is 12.4. The lowest BCUT2D eigenvalue weighted by molar-refractivity contribution is -0.144. The number of hydrogen-bond donors (Lipinski definition) is 2. The van der Waals surface area contributed by atoms with E-state index >= 15 is 0 Å². The number of halogens is 3. The highest BCUT2D eigenvalue weighted by molar-refractivity contribution is 5.95. The number of primary amides is 1. The number of carbonyl (C=O) groups excluding carboxylic acids is 1. The maximum atomic E-state index is 12.4. The van der Waals surface area contributed by atoms with Gasteiger partial charge in [0.05, 0.1) is 0 Å². The van der Waals surface area contributed by atoms with Crippen LogP contribution in [0.5, 0.6) is 0 Å². The van der Waals surface area contributed by atoms with Crippen molar-refractivity contribution in [2.24, 2.45) is 11.5 Å². The first kappa shape index (κ1) is 14.9. The van der Waals surface area contributed by atoms with Crippen LogP contribution in [-0.4, -0.2) is 15.9 Å². The molecule has 0 atom stereocenters. The Labute approximate surface area is 117 Å². The molecule has 1 aromatic heterocycles. The molecule has 0 unspecified atom stereocenters. The number of nitrogens with zero attached hydrogens (tertiary/aromatic N) is 2. The normalized spacial score (nSPS) is 11.4. The third-order valence-corrected chi connectivity index (χ3v) is 2.83. The molecule has 0 aliphatic rings. The molecule has 2 rings (SSSR count). The molecule has 8 heteroatoms. The lowest BCUT2D eigenvalue weighted by Gasteiger charge is -2.09. The van der Waals surface area contributed by atoms with E-state index in [1.807, 2.05) is 0 Å². The zero-order chi connectivity index (χ0) is 15.6. The summed E-state index contributed by atoms with van der Waals surface area (Å²) in [5.41, 5.74) is 12.4. The Kier molecular flexibility index (Phi) is 3.90. The standard InChI is InChI=1S/C13H11F3N4O/c14-13(15,16)12-19-5-9(6-20-12)7-1-2-10(11(18)21)8(3-7)4-17/h1-3,5-6H,4,17H2,(H2,18,21). The monoisotopic (exact) mass is 296 g/mol. The van der Waals surface area contributed by atoms with Crippen LogP contribution in [0.15, 0.2) is 30.6 Å². The fourth-order valence-electron chi connectivity index (χ4n) is 1.81. The average Bonchev–Trinajstić information content (AvgIpc) is 2.45. The number of aromatic nitrogens is 2. The van der Waals surface area contributed by atoms with Gasteiger partial charge >= 0.3 is 6.18 Å². The highest BCUT2D eigenvalue weighted by Gasteiger charge is 2.34. The molecule has 1 aromatic carbocycles. The molecular weight excluding hydrogens is 285 g/mol. The molecule has 5 nitrogen and oxygen atoms in total. The molecule has 1 heterocycles. The third kappa shape index (κ3) is 3.16. The molecule has 4 N–H and O–H groups in total. The summed E-state index contributed by atoms with van der Waals surface area (Å²) in [5.74, 6) is -1.83. The molecule has 1 amide bonds. The van der Waals surface area contributed by atoms with Crippen LogP contribution < -0.4 is 11.5 Å². The Morgan fingerprint density at radius 1 is 1.14 bits per heavy atom. The van der Waals surface area contributed by atoms with Crippen LogP contribution in [0.25, 0.3) is 11.1 Å². The van der Waals surface area contributed by atoms with Crippen LogP contribution in [0, 0.1) is 0 Å². The zero-order valence-corrected chi connectivity index (χ0v) is 10.7. The second-order valence-electron chi connectivity index (χ2n) is 4.23. The first-order valence-corrected chi connectivity index (χ1v) is 5.85. The summed E-state index contributed by atoms with van der Waals surface area (Å²) in [6.45, 7) is 0.0770. The Balaban J connectivity index is 2.41. The van der Waals surface area contributed by atoms with E-state index in [0.717, 1.165) is 12.4 Å². The fourth-order valence-corrected chi connectivity index (χ4v) is 1.81. The Morgan fingerprint density at radius 2 is 1.76 bits per heavy atom.